The monoisotopic (exact) mass is 434 g/mol. The van der Waals surface area contributed by atoms with E-state index >= 15 is 0 Å². The topological polar surface area (TPSA) is 119 Å². The fraction of sp³-hybridized carbons (Fsp3) is 0.167. The first-order chi connectivity index (χ1) is 15.3. The lowest BCUT2D eigenvalue weighted by Crippen LogP contribution is -2.27. The van der Waals surface area contributed by atoms with Crippen LogP contribution in [0.5, 0.6) is 11.5 Å². The molecule has 1 unspecified atom stereocenters. The molecule has 0 aliphatic rings. The molecule has 3 aromatic carbocycles. The largest absolute Gasteiger partial charge is 0.481 e. The van der Waals surface area contributed by atoms with Gasteiger partial charge in [-0.2, -0.15) is 0 Å². The maximum atomic E-state index is 13.1. The van der Waals surface area contributed by atoms with Gasteiger partial charge in [-0.3, -0.25) is 19.7 Å². The van der Waals surface area contributed by atoms with Crippen LogP contribution >= 0.6 is 0 Å². The minimum atomic E-state index is -0.958. The van der Waals surface area contributed by atoms with Gasteiger partial charge in [0.15, 0.2) is 0 Å². The molecule has 0 aliphatic carbocycles. The first-order valence-electron chi connectivity index (χ1n) is 9.96. The van der Waals surface area contributed by atoms with Crippen LogP contribution < -0.4 is 10.1 Å². The predicted octanol–water partition coefficient (Wildman–Crippen LogP) is 4.90. The van der Waals surface area contributed by atoms with E-state index in [1.807, 2.05) is 18.2 Å². The zero-order valence-electron chi connectivity index (χ0n) is 17.4. The molecule has 0 radical (unpaired) electrons. The molecule has 3 aromatic rings. The molecule has 0 aliphatic heterocycles. The number of hydrogen-bond donors (Lipinski definition) is 2. The lowest BCUT2D eigenvalue weighted by Gasteiger charge is -2.17. The van der Waals surface area contributed by atoms with Crippen LogP contribution in [0.25, 0.3) is 0 Å². The van der Waals surface area contributed by atoms with E-state index in [9.17, 15) is 19.7 Å². The first-order valence-corrected chi connectivity index (χ1v) is 9.96. The summed E-state index contributed by atoms with van der Waals surface area (Å²) in [5.74, 6) is -0.297. The number of aliphatic carboxylic acids is 1. The molecule has 8 nitrogen and oxygen atoms in total. The number of para-hydroxylation sites is 1. The van der Waals surface area contributed by atoms with Crippen LogP contribution in [0.1, 0.15) is 40.9 Å². The third kappa shape index (κ3) is 5.91. The highest BCUT2D eigenvalue weighted by Crippen LogP contribution is 2.26. The van der Waals surface area contributed by atoms with E-state index in [-0.39, 0.29) is 18.5 Å². The van der Waals surface area contributed by atoms with Crippen LogP contribution in [0.4, 0.5) is 5.69 Å². The van der Waals surface area contributed by atoms with Gasteiger partial charge in [0.05, 0.1) is 11.0 Å². The molecule has 0 aromatic heterocycles. The van der Waals surface area contributed by atoms with Gasteiger partial charge in [0.1, 0.15) is 11.5 Å². The summed E-state index contributed by atoms with van der Waals surface area (Å²) in [6, 6.07) is 19.6. The van der Waals surface area contributed by atoms with E-state index < -0.39 is 22.8 Å². The zero-order valence-corrected chi connectivity index (χ0v) is 17.4. The average molecular weight is 434 g/mol. The minimum Gasteiger partial charge on any atom is -0.481 e. The van der Waals surface area contributed by atoms with Gasteiger partial charge in [-0.25, -0.2) is 0 Å². The second kappa shape index (κ2) is 10.2. The standard InChI is InChI=1S/C24H22N2O6/c1-16(17-7-11-19(12-8-17)26(30)31)25-24(29)22-15-21(32-20-5-3-2-4-6-20)13-9-18(22)10-14-23(27)28/h2-9,11-13,15-16H,10,14H2,1H3,(H,25,29)(H,27,28). The number of nitrogens with one attached hydrogen (secondary N) is 1. The van der Waals surface area contributed by atoms with Crippen molar-refractivity contribution in [3.63, 3.8) is 0 Å². The Hall–Kier alpha value is -4.20. The fourth-order valence-corrected chi connectivity index (χ4v) is 3.16. The molecule has 0 saturated heterocycles. The Bertz CT molecular complexity index is 1110. The van der Waals surface area contributed by atoms with Crippen LogP contribution in [0.3, 0.4) is 0 Å². The van der Waals surface area contributed by atoms with Crippen LogP contribution in [0.2, 0.25) is 0 Å². The van der Waals surface area contributed by atoms with Crippen molar-refractivity contribution < 1.29 is 24.4 Å². The summed E-state index contributed by atoms with van der Waals surface area (Å²) in [4.78, 5) is 34.4. The summed E-state index contributed by atoms with van der Waals surface area (Å²) >= 11 is 0. The van der Waals surface area contributed by atoms with Crippen LogP contribution in [-0.4, -0.2) is 21.9 Å². The Morgan fingerprint density at radius 1 is 1.03 bits per heavy atom. The van der Waals surface area contributed by atoms with Crippen molar-refractivity contribution in [2.45, 2.75) is 25.8 Å². The lowest BCUT2D eigenvalue weighted by molar-refractivity contribution is -0.384. The Morgan fingerprint density at radius 3 is 2.34 bits per heavy atom. The number of carbonyl (C=O) groups excluding carboxylic acids is 1. The highest BCUT2D eigenvalue weighted by Gasteiger charge is 2.18. The molecular formula is C24H22N2O6. The molecule has 3 rings (SSSR count). The SMILES string of the molecule is CC(NC(=O)c1cc(Oc2ccccc2)ccc1CCC(=O)O)c1ccc([N+](=O)[O-])cc1. The number of nitrogens with zero attached hydrogens (tertiary/aromatic N) is 1. The van der Waals surface area contributed by atoms with Gasteiger partial charge in [0.2, 0.25) is 0 Å². The van der Waals surface area contributed by atoms with Gasteiger partial charge in [-0.1, -0.05) is 36.4 Å². The Kier molecular flexibility index (Phi) is 7.17. The summed E-state index contributed by atoms with van der Waals surface area (Å²) in [5.41, 5.74) is 1.57. The maximum absolute atomic E-state index is 13.1. The summed E-state index contributed by atoms with van der Waals surface area (Å²) in [6.07, 6.45) is 0.0761. The summed E-state index contributed by atoms with van der Waals surface area (Å²) in [5, 5.41) is 22.7. The third-order valence-electron chi connectivity index (χ3n) is 4.86. The molecule has 32 heavy (non-hydrogen) atoms. The van der Waals surface area contributed by atoms with Gasteiger partial charge in [-0.15, -0.1) is 0 Å². The number of nitro groups is 1. The van der Waals surface area contributed by atoms with Gasteiger partial charge in [0.25, 0.3) is 11.6 Å². The molecule has 1 amide bonds. The molecule has 0 bridgehead atoms. The predicted molar refractivity (Wildman–Crippen MR) is 118 cm³/mol. The van der Waals surface area contributed by atoms with E-state index in [0.29, 0.717) is 28.2 Å². The minimum absolute atomic E-state index is 0.0333. The van der Waals surface area contributed by atoms with E-state index in [4.69, 9.17) is 9.84 Å². The van der Waals surface area contributed by atoms with Crippen LogP contribution in [-0.2, 0) is 11.2 Å². The van der Waals surface area contributed by atoms with Crippen molar-refractivity contribution >= 4 is 17.6 Å². The molecule has 0 fully saturated rings. The Balaban J connectivity index is 1.82. The summed E-state index contributed by atoms with van der Waals surface area (Å²) < 4.78 is 5.81. The Morgan fingerprint density at radius 2 is 1.72 bits per heavy atom. The van der Waals surface area contributed by atoms with Crippen LogP contribution in [0, 0.1) is 10.1 Å². The third-order valence-corrected chi connectivity index (χ3v) is 4.86. The number of carboxylic acid groups (broad SMARTS) is 1. The van der Waals surface area contributed by atoms with Gasteiger partial charge < -0.3 is 15.2 Å². The van der Waals surface area contributed by atoms with E-state index in [0.717, 1.165) is 0 Å². The van der Waals surface area contributed by atoms with Crippen molar-refractivity contribution in [1.29, 1.82) is 0 Å². The number of nitro benzene ring substituents is 1. The van der Waals surface area contributed by atoms with E-state index in [1.54, 1.807) is 49.4 Å². The zero-order chi connectivity index (χ0) is 23.1. The molecule has 164 valence electrons. The quantitative estimate of drug-likeness (QED) is 0.365. The van der Waals surface area contributed by atoms with Crippen molar-refractivity contribution in [2.24, 2.45) is 0 Å². The molecule has 1 atom stereocenters. The molecule has 0 spiro atoms. The van der Waals surface area contributed by atoms with E-state index in [2.05, 4.69) is 5.32 Å². The normalized spacial score (nSPS) is 11.4. The van der Waals surface area contributed by atoms with Gasteiger partial charge in [-0.05, 0) is 48.7 Å². The number of hydrogen-bond acceptors (Lipinski definition) is 5. The van der Waals surface area contributed by atoms with Gasteiger partial charge in [0, 0.05) is 24.1 Å². The summed E-state index contributed by atoms with van der Waals surface area (Å²) in [7, 11) is 0. The number of carbonyl (C=O) groups is 2. The number of non-ortho nitro benzene ring substituents is 1. The molecule has 0 heterocycles. The lowest BCUT2D eigenvalue weighted by atomic mass is 10.0. The molecule has 8 heteroatoms. The summed E-state index contributed by atoms with van der Waals surface area (Å²) in [6.45, 7) is 1.76. The number of aryl methyl sites for hydroxylation is 1. The number of carboxylic acids is 1. The second-order valence-electron chi connectivity index (χ2n) is 7.17. The number of rotatable bonds is 9. The van der Waals surface area contributed by atoms with Crippen molar-refractivity contribution in [3.8, 4) is 11.5 Å². The number of benzene rings is 3. The van der Waals surface area contributed by atoms with Crippen molar-refractivity contribution in [3.05, 3.63) is 99.6 Å². The highest BCUT2D eigenvalue weighted by atomic mass is 16.6. The second-order valence-corrected chi connectivity index (χ2v) is 7.17. The maximum Gasteiger partial charge on any atom is 0.303 e. The van der Waals surface area contributed by atoms with Crippen LogP contribution in [0.15, 0.2) is 72.8 Å². The molecule has 2 N–H and O–H groups in total. The molecule has 0 saturated carbocycles. The number of amides is 1. The smallest absolute Gasteiger partial charge is 0.303 e. The van der Waals surface area contributed by atoms with Crippen molar-refractivity contribution in [1.82, 2.24) is 5.32 Å². The first kappa shape index (κ1) is 22.5. The fourth-order valence-electron chi connectivity index (χ4n) is 3.16. The highest BCUT2D eigenvalue weighted by molar-refractivity contribution is 5.96. The van der Waals surface area contributed by atoms with Crippen molar-refractivity contribution in [2.75, 3.05) is 0 Å². The van der Waals surface area contributed by atoms with E-state index in [1.165, 1.54) is 12.1 Å². The molecular weight excluding hydrogens is 412 g/mol. The van der Waals surface area contributed by atoms with Gasteiger partial charge >= 0.3 is 5.97 Å². The average Bonchev–Trinajstić information content (AvgIpc) is 2.78. The Labute approximate surface area is 184 Å². The number of ether oxygens (including phenoxy) is 1.